The largest absolute Gasteiger partial charge is 0.474 e. The van der Waals surface area contributed by atoms with Gasteiger partial charge in [0.1, 0.15) is 5.60 Å². The third-order valence-corrected chi connectivity index (χ3v) is 6.79. The van der Waals surface area contributed by atoms with E-state index >= 15 is 0 Å². The summed E-state index contributed by atoms with van der Waals surface area (Å²) in [5.41, 5.74) is 0.422. The van der Waals surface area contributed by atoms with Crippen LogP contribution in [0.2, 0.25) is 0 Å². The van der Waals surface area contributed by atoms with Gasteiger partial charge in [-0.3, -0.25) is 4.79 Å². The molecule has 0 radical (unpaired) electrons. The van der Waals surface area contributed by atoms with Gasteiger partial charge in [0, 0.05) is 50.1 Å². The zero-order valence-corrected chi connectivity index (χ0v) is 18.3. The van der Waals surface area contributed by atoms with Gasteiger partial charge in [-0.15, -0.1) is 0 Å². The quantitative estimate of drug-likeness (QED) is 0.628. The van der Waals surface area contributed by atoms with E-state index in [4.69, 9.17) is 4.74 Å². The highest BCUT2D eigenvalue weighted by Gasteiger charge is 2.40. The van der Waals surface area contributed by atoms with Crippen molar-refractivity contribution in [2.24, 2.45) is 4.36 Å². The Morgan fingerprint density at radius 3 is 2.39 bits per heavy atom. The molecule has 1 aromatic rings. The lowest BCUT2D eigenvalue weighted by Crippen LogP contribution is -2.50. The summed E-state index contributed by atoms with van der Waals surface area (Å²) in [7, 11) is -3.35. The van der Waals surface area contributed by atoms with Crippen molar-refractivity contribution in [2.45, 2.75) is 44.7 Å². The Balaban J connectivity index is 1.67. The first kappa shape index (κ1) is 23.2. The summed E-state index contributed by atoms with van der Waals surface area (Å²) in [5.74, 6) is -2.37. The third-order valence-electron chi connectivity index (χ3n) is 4.69. The van der Waals surface area contributed by atoms with Gasteiger partial charge in [-0.05, 0) is 20.8 Å². The van der Waals surface area contributed by atoms with Crippen molar-refractivity contribution in [2.75, 3.05) is 36.8 Å². The van der Waals surface area contributed by atoms with Crippen LogP contribution in [0.5, 0.6) is 0 Å². The first-order valence-electron chi connectivity index (χ1n) is 9.67. The number of nitrogens with zero attached hydrogens (tertiary/aromatic N) is 5. The fourth-order valence-electron chi connectivity index (χ4n) is 3.19. The van der Waals surface area contributed by atoms with Gasteiger partial charge >= 0.3 is 18.2 Å². The summed E-state index contributed by atoms with van der Waals surface area (Å²) in [6, 6.07) is 0. The first-order valence-corrected chi connectivity index (χ1v) is 11.5. The lowest BCUT2D eigenvalue weighted by molar-refractivity contribution is -0.169. The average Bonchev–Trinajstić information content (AvgIpc) is 2.65. The number of carbonyl (C=O) groups is 2. The molecule has 3 rings (SSSR count). The number of halogens is 3. The highest BCUT2D eigenvalue weighted by molar-refractivity contribution is 7.93. The van der Waals surface area contributed by atoms with Gasteiger partial charge < -0.3 is 14.5 Å². The van der Waals surface area contributed by atoms with E-state index in [0.29, 0.717) is 43.4 Å². The predicted octanol–water partition coefficient (Wildman–Crippen LogP) is 2.15. The molecule has 172 valence electrons. The lowest BCUT2D eigenvalue weighted by atomic mass is 10.2. The second-order valence-corrected chi connectivity index (χ2v) is 10.8. The Hall–Kier alpha value is -2.44. The van der Waals surface area contributed by atoms with Crippen molar-refractivity contribution in [1.82, 2.24) is 14.9 Å². The molecule has 0 spiro atoms. The maximum Gasteiger partial charge on any atom is 0.474 e. The van der Waals surface area contributed by atoms with E-state index < -0.39 is 27.4 Å². The number of piperazine rings is 1. The summed E-state index contributed by atoms with van der Waals surface area (Å²) in [6.45, 7) is 7.24. The second-order valence-electron chi connectivity index (χ2n) is 8.36. The summed E-state index contributed by atoms with van der Waals surface area (Å²) in [5, 5.41) is 0. The van der Waals surface area contributed by atoms with E-state index in [2.05, 4.69) is 14.3 Å². The molecule has 2 aliphatic heterocycles. The Bertz CT molecular complexity index is 991. The Morgan fingerprint density at radius 2 is 1.81 bits per heavy atom. The molecule has 1 unspecified atom stereocenters. The molecule has 3 heterocycles. The van der Waals surface area contributed by atoms with Crippen LogP contribution in [0.3, 0.4) is 0 Å². The normalized spacial score (nSPS) is 22.0. The fraction of sp³-hybridized carbons (Fsp3) is 0.667. The summed E-state index contributed by atoms with van der Waals surface area (Å²) >= 11 is 0. The zero-order chi connectivity index (χ0) is 23.0. The second kappa shape index (κ2) is 8.24. The summed E-state index contributed by atoms with van der Waals surface area (Å²) in [4.78, 5) is 35.5. The molecule has 1 fully saturated rings. The number of fused-ring (bicyclic) bond motifs is 1. The molecule has 0 aromatic carbocycles. The summed E-state index contributed by atoms with van der Waals surface area (Å²) < 4.78 is 58.3. The van der Waals surface area contributed by atoms with Gasteiger partial charge in [0.05, 0.1) is 21.2 Å². The molecular formula is C18H24F3N5O4S. The van der Waals surface area contributed by atoms with Gasteiger partial charge in [-0.25, -0.2) is 19.0 Å². The van der Waals surface area contributed by atoms with Crippen LogP contribution >= 0.6 is 0 Å². The van der Waals surface area contributed by atoms with Crippen molar-refractivity contribution in [3.05, 3.63) is 17.5 Å². The van der Waals surface area contributed by atoms with Crippen molar-refractivity contribution in [1.29, 1.82) is 0 Å². The maximum absolute atomic E-state index is 12.6. The highest BCUT2D eigenvalue weighted by atomic mass is 32.2. The number of aryl methyl sites for hydroxylation is 1. The number of alkyl halides is 3. The Kier molecular flexibility index (Phi) is 6.18. The predicted molar refractivity (Wildman–Crippen MR) is 106 cm³/mol. The molecule has 0 bridgehead atoms. The Labute approximate surface area is 178 Å². The van der Waals surface area contributed by atoms with Crippen LogP contribution < -0.4 is 4.90 Å². The standard InChI is InChI=1S/C18H24F3N5O4S/c1-17(2,3)30-16(28)26-7-5-25(6-8-26)15-22-10-12-11-31(29,9-4-13(12)23-15)24-14(27)18(19,20)21/h10H,4-9,11H2,1-3H3. The molecule has 31 heavy (non-hydrogen) atoms. The summed E-state index contributed by atoms with van der Waals surface area (Å²) in [6.07, 6.45) is -3.97. The maximum atomic E-state index is 12.6. The SMILES string of the molecule is CC(C)(C)OC(=O)N1CCN(c2ncc3c(n2)CCS(=O)(=NC(=O)C(F)(F)F)C3)CC1. The fourth-order valence-corrected chi connectivity index (χ4v) is 5.13. The molecule has 1 aromatic heterocycles. The molecule has 2 amide bonds. The molecule has 2 aliphatic rings. The first-order chi connectivity index (χ1) is 14.3. The van der Waals surface area contributed by atoms with E-state index in [0.717, 1.165) is 0 Å². The van der Waals surface area contributed by atoms with E-state index in [9.17, 15) is 27.0 Å². The van der Waals surface area contributed by atoms with Crippen molar-refractivity contribution in [3.63, 3.8) is 0 Å². The van der Waals surface area contributed by atoms with E-state index in [1.165, 1.54) is 6.20 Å². The van der Waals surface area contributed by atoms with Gasteiger partial charge in [0.2, 0.25) is 5.95 Å². The molecule has 0 saturated carbocycles. The van der Waals surface area contributed by atoms with Gasteiger partial charge in [-0.1, -0.05) is 0 Å². The number of hydrogen-bond acceptors (Lipinski definition) is 7. The molecule has 13 heteroatoms. The molecule has 0 aliphatic carbocycles. The van der Waals surface area contributed by atoms with E-state index in [-0.39, 0.29) is 24.0 Å². The number of anilines is 1. The number of aromatic nitrogens is 2. The minimum absolute atomic E-state index is 0.135. The molecule has 0 N–H and O–H groups in total. The van der Waals surface area contributed by atoms with E-state index in [1.807, 2.05) is 4.90 Å². The van der Waals surface area contributed by atoms with Crippen LogP contribution in [0.15, 0.2) is 10.6 Å². The number of ether oxygens (including phenoxy) is 1. The number of hydrogen-bond donors (Lipinski definition) is 0. The zero-order valence-electron chi connectivity index (χ0n) is 17.4. The van der Waals surface area contributed by atoms with Crippen LogP contribution in [0.1, 0.15) is 32.0 Å². The number of carbonyl (C=O) groups excluding carboxylic acids is 2. The molecule has 1 saturated heterocycles. The van der Waals surface area contributed by atoms with Crippen molar-refractivity contribution in [3.8, 4) is 0 Å². The van der Waals surface area contributed by atoms with Crippen molar-refractivity contribution >= 4 is 27.7 Å². The van der Waals surface area contributed by atoms with Gasteiger partial charge in [-0.2, -0.15) is 17.5 Å². The third kappa shape index (κ3) is 5.83. The monoisotopic (exact) mass is 463 g/mol. The van der Waals surface area contributed by atoms with Gasteiger partial charge in [0.25, 0.3) is 0 Å². The lowest BCUT2D eigenvalue weighted by Gasteiger charge is -2.35. The molecular weight excluding hydrogens is 439 g/mol. The number of amides is 2. The van der Waals surface area contributed by atoms with Crippen LogP contribution in [-0.4, -0.2) is 74.8 Å². The van der Waals surface area contributed by atoms with Crippen LogP contribution in [-0.2, 0) is 31.4 Å². The van der Waals surface area contributed by atoms with Crippen LogP contribution in [0.25, 0.3) is 0 Å². The minimum atomic E-state index is -5.15. The van der Waals surface area contributed by atoms with Crippen LogP contribution in [0, 0.1) is 0 Å². The van der Waals surface area contributed by atoms with E-state index in [1.54, 1.807) is 25.7 Å². The van der Waals surface area contributed by atoms with Gasteiger partial charge in [0.15, 0.2) is 0 Å². The number of rotatable bonds is 1. The van der Waals surface area contributed by atoms with Crippen molar-refractivity contribution < 1.29 is 31.7 Å². The smallest absolute Gasteiger partial charge is 0.444 e. The average molecular weight is 463 g/mol. The molecule has 9 nitrogen and oxygen atoms in total. The minimum Gasteiger partial charge on any atom is -0.444 e. The topological polar surface area (TPSA) is 105 Å². The molecule has 1 atom stereocenters. The van der Waals surface area contributed by atoms with Crippen LogP contribution in [0.4, 0.5) is 23.9 Å². The highest BCUT2D eigenvalue weighted by Crippen LogP contribution is 2.25. The Morgan fingerprint density at radius 1 is 1.16 bits per heavy atom.